The lowest BCUT2D eigenvalue weighted by Crippen LogP contribution is -2.13. The zero-order valence-electron chi connectivity index (χ0n) is 9.35. The van der Waals surface area contributed by atoms with Gasteiger partial charge in [0.2, 0.25) is 0 Å². The van der Waals surface area contributed by atoms with Gasteiger partial charge in [-0.1, -0.05) is 0 Å². The van der Waals surface area contributed by atoms with Crippen LogP contribution in [0.25, 0.3) is 11.3 Å². The summed E-state index contributed by atoms with van der Waals surface area (Å²) in [4.78, 5) is 21.6. The van der Waals surface area contributed by atoms with Gasteiger partial charge >= 0.3 is 6.18 Å². The number of hydrogen-bond acceptors (Lipinski definition) is 4. The van der Waals surface area contributed by atoms with Crippen LogP contribution < -0.4 is 5.73 Å². The third-order valence-corrected chi connectivity index (χ3v) is 2.27. The molecule has 0 spiro atoms. The van der Waals surface area contributed by atoms with E-state index in [-0.39, 0.29) is 17.0 Å². The number of aromatic nitrogens is 3. The second kappa shape index (κ2) is 4.63. The number of primary amides is 1. The summed E-state index contributed by atoms with van der Waals surface area (Å²) < 4.78 is 37.6. The number of pyridine rings is 1. The second-order valence-electron chi connectivity index (χ2n) is 3.58. The molecule has 0 atom stereocenters. The highest BCUT2D eigenvalue weighted by Crippen LogP contribution is 2.29. The monoisotopic (exact) mass is 268 g/mol. The fraction of sp³-hybridized carbons (Fsp3) is 0.0909. The minimum Gasteiger partial charge on any atom is -0.364 e. The Kier molecular flexibility index (Phi) is 3.16. The largest absolute Gasteiger partial charge is 0.433 e. The van der Waals surface area contributed by atoms with Crippen molar-refractivity contribution in [3.63, 3.8) is 0 Å². The van der Waals surface area contributed by atoms with Crippen LogP contribution in [0.5, 0.6) is 0 Å². The van der Waals surface area contributed by atoms with Crippen molar-refractivity contribution in [2.45, 2.75) is 6.18 Å². The maximum absolute atomic E-state index is 12.5. The number of amides is 1. The Morgan fingerprint density at radius 1 is 1.16 bits per heavy atom. The fourth-order valence-electron chi connectivity index (χ4n) is 1.39. The van der Waals surface area contributed by atoms with Crippen LogP contribution in [0.15, 0.2) is 30.7 Å². The number of carbonyl (C=O) groups is 1. The number of alkyl halides is 3. The predicted molar refractivity (Wildman–Crippen MR) is 58.8 cm³/mol. The fourth-order valence-corrected chi connectivity index (χ4v) is 1.39. The van der Waals surface area contributed by atoms with Gasteiger partial charge in [0.25, 0.3) is 5.91 Å². The molecule has 0 aliphatic heterocycles. The van der Waals surface area contributed by atoms with Gasteiger partial charge in [-0.05, 0) is 18.2 Å². The van der Waals surface area contributed by atoms with Gasteiger partial charge in [0, 0.05) is 11.8 Å². The zero-order chi connectivity index (χ0) is 14.0. The Bertz CT molecular complexity index is 627. The Morgan fingerprint density at radius 2 is 1.89 bits per heavy atom. The van der Waals surface area contributed by atoms with Crippen molar-refractivity contribution in [3.8, 4) is 11.3 Å². The average molecular weight is 268 g/mol. The maximum atomic E-state index is 12.5. The molecule has 0 saturated carbocycles. The number of rotatable bonds is 2. The van der Waals surface area contributed by atoms with Gasteiger partial charge in [-0.2, -0.15) is 13.2 Å². The highest BCUT2D eigenvalue weighted by atomic mass is 19.4. The zero-order valence-corrected chi connectivity index (χ0v) is 9.35. The van der Waals surface area contributed by atoms with Gasteiger partial charge in [0.1, 0.15) is 17.7 Å². The topological polar surface area (TPSA) is 81.8 Å². The van der Waals surface area contributed by atoms with Crippen LogP contribution in [-0.4, -0.2) is 20.9 Å². The minimum atomic E-state index is -4.55. The number of nitrogens with zero attached hydrogens (tertiary/aromatic N) is 3. The van der Waals surface area contributed by atoms with E-state index in [1.807, 2.05) is 0 Å². The molecule has 0 aliphatic rings. The molecular weight excluding hydrogens is 261 g/mol. The van der Waals surface area contributed by atoms with Crippen LogP contribution in [0.4, 0.5) is 13.2 Å². The van der Waals surface area contributed by atoms with E-state index < -0.39 is 17.8 Å². The van der Waals surface area contributed by atoms with Crippen molar-refractivity contribution in [2.75, 3.05) is 0 Å². The van der Waals surface area contributed by atoms with E-state index in [0.29, 0.717) is 0 Å². The van der Waals surface area contributed by atoms with Crippen molar-refractivity contribution in [3.05, 3.63) is 42.1 Å². The van der Waals surface area contributed by atoms with Gasteiger partial charge in [-0.3, -0.25) is 9.78 Å². The van der Waals surface area contributed by atoms with Crippen LogP contribution in [0, 0.1) is 0 Å². The molecule has 0 aromatic carbocycles. The Morgan fingerprint density at radius 3 is 2.53 bits per heavy atom. The standard InChI is InChI=1S/C11H7F3N4O/c12-11(13,14)9-3-6(1-2-16-9)7-4-8(10(15)19)18-5-17-7/h1-5H,(H2,15,19). The molecule has 19 heavy (non-hydrogen) atoms. The van der Waals surface area contributed by atoms with Crippen LogP contribution >= 0.6 is 0 Å². The summed E-state index contributed by atoms with van der Waals surface area (Å²) in [6, 6.07) is 3.41. The first-order valence-corrected chi connectivity index (χ1v) is 5.03. The van der Waals surface area contributed by atoms with Gasteiger partial charge in [-0.25, -0.2) is 9.97 Å². The SMILES string of the molecule is NC(=O)c1cc(-c2ccnc(C(F)(F)F)c2)ncn1. The molecule has 1 amide bonds. The molecule has 0 saturated heterocycles. The summed E-state index contributed by atoms with van der Waals surface area (Å²) in [5.41, 5.74) is 4.26. The van der Waals surface area contributed by atoms with E-state index >= 15 is 0 Å². The maximum Gasteiger partial charge on any atom is 0.433 e. The first kappa shape index (κ1) is 12.9. The highest BCUT2D eigenvalue weighted by Gasteiger charge is 2.32. The molecule has 0 radical (unpaired) electrons. The highest BCUT2D eigenvalue weighted by molar-refractivity contribution is 5.91. The molecule has 2 N–H and O–H groups in total. The van der Waals surface area contributed by atoms with E-state index in [1.165, 1.54) is 12.1 Å². The van der Waals surface area contributed by atoms with Gasteiger partial charge < -0.3 is 5.73 Å². The van der Waals surface area contributed by atoms with E-state index in [1.54, 1.807) is 0 Å². The second-order valence-corrected chi connectivity index (χ2v) is 3.58. The van der Waals surface area contributed by atoms with E-state index in [4.69, 9.17) is 5.73 Å². The first-order valence-electron chi connectivity index (χ1n) is 5.03. The summed E-state index contributed by atoms with van der Waals surface area (Å²) in [6.07, 6.45) is -2.47. The number of carbonyl (C=O) groups excluding carboxylic acids is 1. The Hall–Kier alpha value is -2.51. The van der Waals surface area contributed by atoms with Gasteiger partial charge in [0.15, 0.2) is 0 Å². The summed E-state index contributed by atoms with van der Waals surface area (Å²) in [5, 5.41) is 0. The van der Waals surface area contributed by atoms with Crippen LogP contribution in [-0.2, 0) is 6.18 Å². The van der Waals surface area contributed by atoms with Gasteiger partial charge in [-0.15, -0.1) is 0 Å². The minimum absolute atomic E-state index is 0.0737. The van der Waals surface area contributed by atoms with Crippen LogP contribution in [0.1, 0.15) is 16.2 Å². The van der Waals surface area contributed by atoms with Crippen molar-refractivity contribution >= 4 is 5.91 Å². The predicted octanol–water partition coefficient (Wildman–Crippen LogP) is 1.66. The smallest absolute Gasteiger partial charge is 0.364 e. The number of halogens is 3. The first-order chi connectivity index (χ1) is 8.88. The average Bonchev–Trinajstić information content (AvgIpc) is 2.38. The van der Waals surface area contributed by atoms with Gasteiger partial charge in [0.05, 0.1) is 5.69 Å². The molecule has 0 bridgehead atoms. The van der Waals surface area contributed by atoms with Crippen molar-refractivity contribution in [1.29, 1.82) is 0 Å². The Labute approximate surface area is 105 Å². The van der Waals surface area contributed by atoms with E-state index in [0.717, 1.165) is 18.6 Å². The molecule has 0 unspecified atom stereocenters. The van der Waals surface area contributed by atoms with E-state index in [2.05, 4.69) is 15.0 Å². The molecule has 98 valence electrons. The summed E-state index contributed by atoms with van der Waals surface area (Å²) in [7, 11) is 0. The lowest BCUT2D eigenvalue weighted by Gasteiger charge is -2.07. The molecule has 2 rings (SSSR count). The summed E-state index contributed by atoms with van der Waals surface area (Å²) in [6.45, 7) is 0. The number of hydrogen-bond donors (Lipinski definition) is 1. The molecule has 2 heterocycles. The lowest BCUT2D eigenvalue weighted by atomic mass is 10.1. The molecule has 0 fully saturated rings. The van der Waals surface area contributed by atoms with Crippen molar-refractivity contribution in [2.24, 2.45) is 5.73 Å². The molecular formula is C11H7F3N4O. The van der Waals surface area contributed by atoms with Crippen LogP contribution in [0.2, 0.25) is 0 Å². The van der Waals surface area contributed by atoms with Crippen molar-refractivity contribution < 1.29 is 18.0 Å². The third-order valence-electron chi connectivity index (χ3n) is 2.27. The van der Waals surface area contributed by atoms with E-state index in [9.17, 15) is 18.0 Å². The van der Waals surface area contributed by atoms with Crippen molar-refractivity contribution in [1.82, 2.24) is 15.0 Å². The third kappa shape index (κ3) is 2.84. The quantitative estimate of drug-likeness (QED) is 0.897. The molecule has 2 aromatic rings. The molecule has 8 heteroatoms. The normalized spacial score (nSPS) is 11.3. The Balaban J connectivity index is 2.48. The summed E-state index contributed by atoms with van der Waals surface area (Å²) in [5.74, 6) is -0.784. The summed E-state index contributed by atoms with van der Waals surface area (Å²) >= 11 is 0. The molecule has 5 nitrogen and oxygen atoms in total. The van der Waals surface area contributed by atoms with Crippen LogP contribution in [0.3, 0.4) is 0 Å². The molecule has 0 aliphatic carbocycles. The number of nitrogens with two attached hydrogens (primary N) is 1. The molecule has 2 aromatic heterocycles. The lowest BCUT2D eigenvalue weighted by molar-refractivity contribution is -0.141.